The molecule has 0 aliphatic heterocycles. The molecule has 0 saturated heterocycles. The number of alkyl halides is 2. The molecular weight excluding hydrogens is 442 g/mol. The van der Waals surface area contributed by atoms with Gasteiger partial charge in [-0.2, -0.15) is 8.78 Å². The highest BCUT2D eigenvalue weighted by Gasteiger charge is 2.42. The summed E-state index contributed by atoms with van der Waals surface area (Å²) in [6.07, 6.45) is 5.03. The fourth-order valence-electron chi connectivity index (χ4n) is 4.63. The molecule has 1 aliphatic rings. The van der Waals surface area contributed by atoms with Crippen LogP contribution in [0.25, 0.3) is 11.2 Å². The molecule has 0 bridgehead atoms. The summed E-state index contributed by atoms with van der Waals surface area (Å²) in [7, 11) is 1.60. The minimum Gasteiger partial charge on any atom is -0.496 e. The maximum Gasteiger partial charge on any atom is 0.377 e. The lowest BCUT2D eigenvalue weighted by molar-refractivity contribution is -0.171. The van der Waals surface area contributed by atoms with E-state index in [1.807, 2.05) is 25.1 Å². The summed E-state index contributed by atoms with van der Waals surface area (Å²) in [5.41, 5.74) is 5.45. The van der Waals surface area contributed by atoms with Gasteiger partial charge >= 0.3 is 11.9 Å². The highest BCUT2D eigenvalue weighted by Crippen LogP contribution is 2.42. The predicted octanol–water partition coefficient (Wildman–Crippen LogP) is 5.19. The molecule has 34 heavy (non-hydrogen) atoms. The Labute approximate surface area is 196 Å². The van der Waals surface area contributed by atoms with Crippen molar-refractivity contribution in [3.8, 4) is 5.75 Å². The number of aromatic nitrogens is 2. The van der Waals surface area contributed by atoms with E-state index in [1.54, 1.807) is 30.0 Å². The fourth-order valence-corrected chi connectivity index (χ4v) is 4.63. The summed E-state index contributed by atoms with van der Waals surface area (Å²) in [6.45, 7) is 3.35. The number of rotatable bonds is 7. The maximum atomic E-state index is 14.9. The first-order chi connectivity index (χ1) is 16.3. The quantitative estimate of drug-likeness (QED) is 0.353. The second-order valence-corrected chi connectivity index (χ2v) is 8.32. The Kier molecular flexibility index (Phi) is 6.50. The zero-order chi connectivity index (χ0) is 24.5. The molecule has 0 saturated carbocycles. The highest BCUT2D eigenvalue weighted by molar-refractivity contribution is 5.87. The third-order valence-electron chi connectivity index (χ3n) is 6.19. The molecule has 1 aliphatic carbocycles. The molecule has 8 heteroatoms. The largest absolute Gasteiger partial charge is 0.496 e. The number of carbonyl (C=O) groups excluding carboxylic acids is 2. The van der Waals surface area contributed by atoms with E-state index < -0.39 is 18.3 Å². The van der Waals surface area contributed by atoms with Gasteiger partial charge in [0.25, 0.3) is 0 Å². The van der Waals surface area contributed by atoms with Gasteiger partial charge in [0.15, 0.2) is 6.29 Å². The molecule has 6 nitrogen and oxygen atoms in total. The zero-order valence-electron chi connectivity index (χ0n) is 19.4. The average molecular weight is 469 g/mol. The lowest BCUT2D eigenvalue weighted by Crippen LogP contribution is -2.31. The van der Waals surface area contributed by atoms with Crippen molar-refractivity contribution < 1.29 is 27.8 Å². The fraction of sp³-hybridized carbons (Fsp3) is 0.346. The molecule has 0 unspecified atom stereocenters. The average Bonchev–Trinajstić information content (AvgIpc) is 3.14. The van der Waals surface area contributed by atoms with Gasteiger partial charge in [0.2, 0.25) is 0 Å². The van der Waals surface area contributed by atoms with Crippen molar-refractivity contribution in [1.29, 1.82) is 0 Å². The lowest BCUT2D eigenvalue weighted by atomic mass is 9.87. The Morgan fingerprint density at radius 1 is 1.26 bits per heavy atom. The van der Waals surface area contributed by atoms with E-state index in [9.17, 15) is 18.4 Å². The number of ether oxygens (including phenoxy) is 2. The maximum absolute atomic E-state index is 14.9. The van der Waals surface area contributed by atoms with Gasteiger partial charge in [-0.25, -0.2) is 9.78 Å². The van der Waals surface area contributed by atoms with Crippen LogP contribution in [0.2, 0.25) is 0 Å². The molecule has 2 aromatic heterocycles. The van der Waals surface area contributed by atoms with E-state index >= 15 is 0 Å². The molecule has 0 fully saturated rings. The molecule has 0 atom stereocenters. The van der Waals surface area contributed by atoms with E-state index in [-0.39, 0.29) is 12.3 Å². The standard InChI is InChI=1S/C26H26F2N2O4/c1-4-34-25(32)26(27,28)13-18-6-5-7-20-16(2)22(33-3)9-8-21(20)24(18)17-10-11-30-14-19(15-31)29-23(30)12-17/h8-12,14-15H,4-7,13H2,1-3H3. The van der Waals surface area contributed by atoms with Crippen LogP contribution < -0.4 is 4.74 Å². The van der Waals surface area contributed by atoms with Crippen LogP contribution in [-0.4, -0.2) is 41.3 Å². The van der Waals surface area contributed by atoms with E-state index in [1.165, 1.54) is 6.92 Å². The second-order valence-electron chi connectivity index (χ2n) is 8.32. The molecule has 0 spiro atoms. The third-order valence-corrected chi connectivity index (χ3v) is 6.19. The highest BCUT2D eigenvalue weighted by atomic mass is 19.3. The summed E-state index contributed by atoms with van der Waals surface area (Å²) in [6, 6.07) is 7.31. The summed E-state index contributed by atoms with van der Waals surface area (Å²) in [4.78, 5) is 27.5. The molecule has 0 radical (unpaired) electrons. The number of imidazole rings is 1. The number of hydrogen-bond donors (Lipinski definition) is 0. The molecule has 2 heterocycles. The number of pyridine rings is 1. The normalized spacial score (nSPS) is 14.0. The third kappa shape index (κ3) is 4.32. The Hall–Kier alpha value is -3.55. The summed E-state index contributed by atoms with van der Waals surface area (Å²) < 4.78 is 41.6. The van der Waals surface area contributed by atoms with Gasteiger partial charge in [0.1, 0.15) is 17.1 Å². The molecule has 178 valence electrons. The van der Waals surface area contributed by atoms with Crippen molar-refractivity contribution >= 4 is 23.5 Å². The van der Waals surface area contributed by atoms with Crippen molar-refractivity contribution in [1.82, 2.24) is 9.38 Å². The van der Waals surface area contributed by atoms with Crippen LogP contribution >= 0.6 is 0 Å². The van der Waals surface area contributed by atoms with Gasteiger partial charge in [-0.15, -0.1) is 0 Å². The van der Waals surface area contributed by atoms with Crippen LogP contribution in [0.1, 0.15) is 58.9 Å². The van der Waals surface area contributed by atoms with Crippen molar-refractivity contribution in [3.63, 3.8) is 0 Å². The van der Waals surface area contributed by atoms with Gasteiger partial charge in [-0.05, 0) is 79.1 Å². The molecule has 3 aromatic rings. The van der Waals surface area contributed by atoms with Crippen molar-refractivity contribution in [2.45, 2.75) is 45.5 Å². The second kappa shape index (κ2) is 9.37. The first-order valence-corrected chi connectivity index (χ1v) is 11.2. The van der Waals surface area contributed by atoms with Gasteiger partial charge in [0.05, 0.1) is 13.7 Å². The summed E-state index contributed by atoms with van der Waals surface area (Å²) >= 11 is 0. The number of hydrogen-bond acceptors (Lipinski definition) is 5. The van der Waals surface area contributed by atoms with Gasteiger partial charge in [-0.1, -0.05) is 11.6 Å². The van der Waals surface area contributed by atoms with E-state index in [2.05, 4.69) is 9.72 Å². The van der Waals surface area contributed by atoms with Gasteiger partial charge < -0.3 is 13.9 Å². The number of esters is 1. The van der Waals surface area contributed by atoms with Gasteiger partial charge in [0, 0.05) is 18.8 Å². The van der Waals surface area contributed by atoms with E-state index in [0.29, 0.717) is 47.9 Å². The van der Waals surface area contributed by atoms with Gasteiger partial charge in [-0.3, -0.25) is 4.79 Å². The molecular formula is C26H26F2N2O4. The number of carbonyl (C=O) groups is 2. The summed E-state index contributed by atoms with van der Waals surface area (Å²) in [5.74, 6) is -4.43. The van der Waals surface area contributed by atoms with Crippen molar-refractivity contribution in [2.75, 3.05) is 13.7 Å². The van der Waals surface area contributed by atoms with Crippen LogP contribution in [0, 0.1) is 6.92 Å². The van der Waals surface area contributed by atoms with E-state index in [0.717, 1.165) is 22.4 Å². The molecule has 0 N–H and O–H groups in total. The molecule has 4 rings (SSSR count). The van der Waals surface area contributed by atoms with Crippen LogP contribution in [0.4, 0.5) is 8.78 Å². The summed E-state index contributed by atoms with van der Waals surface area (Å²) in [5, 5.41) is 0. The van der Waals surface area contributed by atoms with Crippen molar-refractivity contribution in [2.24, 2.45) is 0 Å². The zero-order valence-corrected chi connectivity index (χ0v) is 19.4. The SMILES string of the molecule is CCOC(=O)C(F)(F)CC1=C(c2ccn3cc(C=O)nc3c2)c2ccc(OC)c(C)c2CCC1. The minimum absolute atomic E-state index is 0.113. The number of benzene rings is 1. The first kappa shape index (κ1) is 23.6. The Morgan fingerprint density at radius 3 is 2.76 bits per heavy atom. The van der Waals surface area contributed by atoms with Crippen LogP contribution in [-0.2, 0) is 16.0 Å². The van der Waals surface area contributed by atoms with Crippen LogP contribution in [0.15, 0.2) is 42.2 Å². The Morgan fingerprint density at radius 2 is 2.06 bits per heavy atom. The number of allylic oxidation sites excluding steroid dienone is 1. The molecule has 0 amide bonds. The Balaban J connectivity index is 1.94. The monoisotopic (exact) mass is 468 g/mol. The Bertz CT molecular complexity index is 1290. The minimum atomic E-state index is -3.65. The number of aldehydes is 1. The van der Waals surface area contributed by atoms with Crippen LogP contribution in [0.5, 0.6) is 5.75 Å². The van der Waals surface area contributed by atoms with Crippen LogP contribution in [0.3, 0.4) is 0 Å². The van der Waals surface area contributed by atoms with Crippen molar-refractivity contribution in [3.05, 3.63) is 70.2 Å². The number of fused-ring (bicyclic) bond motifs is 2. The predicted molar refractivity (Wildman–Crippen MR) is 123 cm³/mol. The number of nitrogens with zero attached hydrogens (tertiary/aromatic N) is 2. The lowest BCUT2D eigenvalue weighted by Gasteiger charge is -2.21. The number of methoxy groups -OCH3 is 1. The molecule has 1 aromatic carbocycles. The topological polar surface area (TPSA) is 69.9 Å². The number of halogens is 2. The van der Waals surface area contributed by atoms with E-state index in [4.69, 9.17) is 4.74 Å². The first-order valence-electron chi connectivity index (χ1n) is 11.2. The smallest absolute Gasteiger partial charge is 0.377 e.